The van der Waals surface area contributed by atoms with Gasteiger partial charge in [-0.1, -0.05) is 15.9 Å². The van der Waals surface area contributed by atoms with Crippen molar-refractivity contribution in [3.05, 3.63) is 0 Å². The van der Waals surface area contributed by atoms with Crippen molar-refractivity contribution in [3.63, 3.8) is 0 Å². The van der Waals surface area contributed by atoms with E-state index in [9.17, 15) is 4.79 Å². The molecule has 4 heteroatoms. The molecule has 1 saturated heterocycles. The summed E-state index contributed by atoms with van der Waals surface area (Å²) in [5.74, 6) is -0.256. The summed E-state index contributed by atoms with van der Waals surface area (Å²) in [5.41, 5.74) is 0. The van der Waals surface area contributed by atoms with E-state index in [4.69, 9.17) is 4.74 Å². The number of ether oxygens (including phenoxy) is 2. The molecule has 0 saturated carbocycles. The Balaban J connectivity index is 2.35. The van der Waals surface area contributed by atoms with Crippen LogP contribution < -0.4 is 0 Å². The highest BCUT2D eigenvalue weighted by Gasteiger charge is 2.30. The zero-order valence-corrected chi connectivity index (χ0v) is 7.96. The van der Waals surface area contributed by atoms with Crippen molar-refractivity contribution in [3.8, 4) is 0 Å². The first-order valence-electron chi connectivity index (χ1n) is 3.57. The van der Waals surface area contributed by atoms with Crippen LogP contribution in [0.3, 0.4) is 0 Å². The number of rotatable bonds is 2. The molecular formula is C7H11BrO3. The molecule has 0 bridgehead atoms. The molecule has 0 unspecified atom stereocenters. The average molecular weight is 223 g/mol. The first-order valence-corrected chi connectivity index (χ1v) is 4.69. The maximum atomic E-state index is 10.9. The minimum atomic E-state index is -0.331. The Morgan fingerprint density at radius 1 is 1.73 bits per heavy atom. The zero-order valence-electron chi connectivity index (χ0n) is 6.38. The standard InChI is InChI=1S/C7H11BrO3/c1-10-7(9)6-3-2-5(4-8)11-6/h5-6H,2-4H2,1H3/t5-,6+/m1/s1. The molecular weight excluding hydrogens is 212 g/mol. The van der Waals surface area contributed by atoms with Gasteiger partial charge in [0.1, 0.15) is 0 Å². The van der Waals surface area contributed by atoms with Crippen LogP contribution in [0.25, 0.3) is 0 Å². The van der Waals surface area contributed by atoms with E-state index >= 15 is 0 Å². The van der Waals surface area contributed by atoms with Crippen molar-refractivity contribution in [1.82, 2.24) is 0 Å². The van der Waals surface area contributed by atoms with Gasteiger partial charge >= 0.3 is 5.97 Å². The first kappa shape index (κ1) is 9.00. The lowest BCUT2D eigenvalue weighted by Crippen LogP contribution is -2.22. The fourth-order valence-electron chi connectivity index (χ4n) is 1.12. The third kappa shape index (κ3) is 2.17. The summed E-state index contributed by atoms with van der Waals surface area (Å²) in [6, 6.07) is 0. The van der Waals surface area contributed by atoms with Crippen molar-refractivity contribution in [1.29, 1.82) is 0 Å². The largest absolute Gasteiger partial charge is 0.467 e. The number of hydrogen-bond acceptors (Lipinski definition) is 3. The van der Waals surface area contributed by atoms with Crippen LogP contribution in [-0.2, 0) is 14.3 Å². The normalized spacial score (nSPS) is 30.4. The SMILES string of the molecule is COC(=O)[C@@H]1CC[C@H](CBr)O1. The molecule has 0 aromatic rings. The van der Waals surface area contributed by atoms with Crippen molar-refractivity contribution < 1.29 is 14.3 Å². The Morgan fingerprint density at radius 2 is 2.45 bits per heavy atom. The van der Waals surface area contributed by atoms with Gasteiger partial charge in [0.25, 0.3) is 0 Å². The number of carbonyl (C=O) groups is 1. The second kappa shape index (κ2) is 4.07. The van der Waals surface area contributed by atoms with E-state index in [1.165, 1.54) is 7.11 Å². The number of alkyl halides is 1. The maximum absolute atomic E-state index is 10.9. The number of esters is 1. The Kier molecular flexibility index (Phi) is 3.33. The second-order valence-corrected chi connectivity index (χ2v) is 3.15. The monoisotopic (exact) mass is 222 g/mol. The number of carbonyl (C=O) groups excluding carboxylic acids is 1. The predicted molar refractivity (Wildman–Crippen MR) is 43.7 cm³/mol. The summed E-state index contributed by atoms with van der Waals surface area (Å²) in [6.45, 7) is 0. The second-order valence-electron chi connectivity index (χ2n) is 2.50. The van der Waals surface area contributed by atoms with Gasteiger partial charge in [-0.2, -0.15) is 0 Å². The van der Waals surface area contributed by atoms with Crippen LogP contribution in [0.1, 0.15) is 12.8 Å². The molecule has 1 heterocycles. The molecule has 2 atom stereocenters. The van der Waals surface area contributed by atoms with Crippen LogP contribution in [0, 0.1) is 0 Å². The lowest BCUT2D eigenvalue weighted by Gasteiger charge is -2.08. The van der Waals surface area contributed by atoms with Crippen molar-refractivity contribution >= 4 is 21.9 Å². The summed E-state index contributed by atoms with van der Waals surface area (Å²) in [7, 11) is 1.38. The summed E-state index contributed by atoms with van der Waals surface area (Å²) >= 11 is 3.30. The van der Waals surface area contributed by atoms with Crippen LogP contribution in [0.5, 0.6) is 0 Å². The smallest absolute Gasteiger partial charge is 0.334 e. The molecule has 1 aliphatic rings. The van der Waals surface area contributed by atoms with E-state index in [2.05, 4.69) is 20.7 Å². The Morgan fingerprint density at radius 3 is 2.91 bits per heavy atom. The molecule has 11 heavy (non-hydrogen) atoms. The number of hydrogen-bond donors (Lipinski definition) is 0. The molecule has 3 nitrogen and oxygen atoms in total. The molecule has 0 amide bonds. The van der Waals surface area contributed by atoms with Crippen LogP contribution in [0.15, 0.2) is 0 Å². The minimum Gasteiger partial charge on any atom is -0.467 e. The molecule has 0 N–H and O–H groups in total. The van der Waals surface area contributed by atoms with Crippen LogP contribution >= 0.6 is 15.9 Å². The maximum Gasteiger partial charge on any atom is 0.334 e. The fourth-order valence-corrected chi connectivity index (χ4v) is 1.60. The summed E-state index contributed by atoms with van der Waals surface area (Å²) in [5, 5.41) is 0.792. The Labute approximate surface area is 74.2 Å². The van der Waals surface area contributed by atoms with E-state index in [1.54, 1.807) is 0 Å². The molecule has 1 rings (SSSR count). The molecule has 0 aromatic carbocycles. The van der Waals surface area contributed by atoms with Crippen LogP contribution in [0.4, 0.5) is 0 Å². The molecule has 64 valence electrons. The fraction of sp³-hybridized carbons (Fsp3) is 0.857. The number of halogens is 1. The van der Waals surface area contributed by atoms with Crippen LogP contribution in [-0.4, -0.2) is 30.6 Å². The summed E-state index contributed by atoms with van der Waals surface area (Å²) in [6.07, 6.45) is 1.56. The van der Waals surface area contributed by atoms with Gasteiger partial charge in [-0.3, -0.25) is 0 Å². The van der Waals surface area contributed by atoms with Gasteiger partial charge in [0.2, 0.25) is 0 Å². The van der Waals surface area contributed by atoms with Gasteiger partial charge < -0.3 is 9.47 Å². The number of methoxy groups -OCH3 is 1. The van der Waals surface area contributed by atoms with E-state index in [0.29, 0.717) is 0 Å². The molecule has 0 aromatic heterocycles. The van der Waals surface area contributed by atoms with Crippen LogP contribution in [0.2, 0.25) is 0 Å². The molecule has 1 fully saturated rings. The summed E-state index contributed by atoms with van der Waals surface area (Å²) < 4.78 is 9.89. The highest BCUT2D eigenvalue weighted by Crippen LogP contribution is 2.21. The van der Waals surface area contributed by atoms with Gasteiger partial charge in [0.15, 0.2) is 6.10 Å². The van der Waals surface area contributed by atoms with E-state index in [0.717, 1.165) is 18.2 Å². The van der Waals surface area contributed by atoms with Gasteiger partial charge in [0, 0.05) is 5.33 Å². The lowest BCUT2D eigenvalue weighted by atomic mass is 10.2. The van der Waals surface area contributed by atoms with E-state index < -0.39 is 0 Å². The van der Waals surface area contributed by atoms with E-state index in [-0.39, 0.29) is 18.2 Å². The third-order valence-corrected chi connectivity index (χ3v) is 2.47. The zero-order chi connectivity index (χ0) is 8.27. The molecule has 1 aliphatic heterocycles. The predicted octanol–water partition coefficient (Wildman–Crippen LogP) is 1.10. The first-order chi connectivity index (χ1) is 5.27. The molecule has 0 radical (unpaired) electrons. The van der Waals surface area contributed by atoms with Gasteiger partial charge in [-0.15, -0.1) is 0 Å². The average Bonchev–Trinajstić information content (AvgIpc) is 2.50. The third-order valence-electron chi connectivity index (χ3n) is 1.74. The Bertz CT molecular complexity index is 149. The Hall–Kier alpha value is -0.0900. The highest BCUT2D eigenvalue weighted by molar-refractivity contribution is 9.09. The lowest BCUT2D eigenvalue weighted by molar-refractivity contribution is -0.152. The topological polar surface area (TPSA) is 35.5 Å². The van der Waals surface area contributed by atoms with Gasteiger partial charge in [-0.05, 0) is 12.8 Å². The highest BCUT2D eigenvalue weighted by atomic mass is 79.9. The quantitative estimate of drug-likeness (QED) is 0.519. The van der Waals surface area contributed by atoms with E-state index in [1.807, 2.05) is 0 Å². The van der Waals surface area contributed by atoms with Gasteiger partial charge in [-0.25, -0.2) is 4.79 Å². The summed E-state index contributed by atoms with van der Waals surface area (Å²) in [4.78, 5) is 10.9. The molecule has 0 aliphatic carbocycles. The van der Waals surface area contributed by atoms with Crippen molar-refractivity contribution in [2.75, 3.05) is 12.4 Å². The minimum absolute atomic E-state index is 0.180. The van der Waals surface area contributed by atoms with Crippen molar-refractivity contribution in [2.24, 2.45) is 0 Å². The van der Waals surface area contributed by atoms with Gasteiger partial charge in [0.05, 0.1) is 13.2 Å². The van der Waals surface area contributed by atoms with Crippen molar-refractivity contribution in [2.45, 2.75) is 25.0 Å². The molecule has 0 spiro atoms.